The molecule has 1 amide bonds. The second-order valence-corrected chi connectivity index (χ2v) is 5.62. The average molecular weight is 324 g/mol. The van der Waals surface area contributed by atoms with E-state index in [1.165, 1.54) is 23.5 Å². The van der Waals surface area contributed by atoms with Crippen molar-refractivity contribution < 1.29 is 14.3 Å². The zero-order chi connectivity index (χ0) is 15.4. The van der Waals surface area contributed by atoms with Crippen LogP contribution in [0.15, 0.2) is 24.3 Å². The molecule has 0 unspecified atom stereocenters. The number of hydrogen-bond acceptors (Lipinski definition) is 3. The summed E-state index contributed by atoms with van der Waals surface area (Å²) in [6.07, 6.45) is 0. The monoisotopic (exact) mass is 323 g/mol. The quantitative estimate of drug-likeness (QED) is 0.832. The number of aliphatic hydroxyl groups is 1. The van der Waals surface area contributed by atoms with E-state index in [1.54, 1.807) is 6.07 Å². The SMILES string of the molecule is Cc1cc(C(=O)Nc2ccc(F)cc2Cl)sc1C#CCO. The fourth-order valence-corrected chi connectivity index (χ4v) is 2.77. The highest BCUT2D eigenvalue weighted by molar-refractivity contribution is 7.14. The number of nitrogens with one attached hydrogen (secondary N) is 1. The predicted octanol–water partition coefficient (Wildman–Crippen LogP) is 3.45. The van der Waals surface area contributed by atoms with Crippen molar-refractivity contribution in [1.82, 2.24) is 0 Å². The van der Waals surface area contributed by atoms with E-state index in [4.69, 9.17) is 16.7 Å². The first kappa shape index (κ1) is 15.5. The summed E-state index contributed by atoms with van der Waals surface area (Å²) in [4.78, 5) is 13.3. The maximum atomic E-state index is 13.0. The number of carbonyl (C=O) groups excluding carboxylic acids is 1. The summed E-state index contributed by atoms with van der Waals surface area (Å²) in [7, 11) is 0. The van der Waals surface area contributed by atoms with Crippen molar-refractivity contribution in [2.24, 2.45) is 0 Å². The van der Waals surface area contributed by atoms with Gasteiger partial charge in [-0.1, -0.05) is 23.4 Å². The molecule has 2 rings (SSSR count). The molecular formula is C15H11ClFNO2S. The van der Waals surface area contributed by atoms with E-state index in [0.717, 1.165) is 16.5 Å². The maximum absolute atomic E-state index is 13.0. The van der Waals surface area contributed by atoms with Crippen molar-refractivity contribution in [2.45, 2.75) is 6.92 Å². The highest BCUT2D eigenvalue weighted by Crippen LogP contribution is 2.25. The first-order chi connectivity index (χ1) is 10.0. The van der Waals surface area contributed by atoms with Crippen LogP contribution in [0.3, 0.4) is 0 Å². The zero-order valence-corrected chi connectivity index (χ0v) is 12.6. The Labute approximate surface area is 130 Å². The Morgan fingerprint density at radius 1 is 1.48 bits per heavy atom. The fraction of sp³-hybridized carbons (Fsp3) is 0.133. The van der Waals surface area contributed by atoms with Gasteiger partial charge >= 0.3 is 0 Å². The first-order valence-electron chi connectivity index (χ1n) is 5.98. The third-order valence-electron chi connectivity index (χ3n) is 2.60. The minimum absolute atomic E-state index is 0.136. The standard InChI is InChI=1S/C15H11ClFNO2S/c1-9-7-14(21-13(9)3-2-6-19)15(20)18-12-5-4-10(17)8-11(12)16/h4-5,7-8,19H,6H2,1H3,(H,18,20). The summed E-state index contributed by atoms with van der Waals surface area (Å²) in [5.41, 5.74) is 1.20. The van der Waals surface area contributed by atoms with Gasteiger partial charge in [0.15, 0.2) is 0 Å². The number of thiophene rings is 1. The molecule has 0 fully saturated rings. The number of aliphatic hydroxyl groups excluding tert-OH is 1. The lowest BCUT2D eigenvalue weighted by atomic mass is 10.2. The zero-order valence-electron chi connectivity index (χ0n) is 11.0. The summed E-state index contributed by atoms with van der Waals surface area (Å²) < 4.78 is 13.0. The summed E-state index contributed by atoms with van der Waals surface area (Å²) in [5.74, 6) is 4.52. The molecule has 0 aliphatic carbocycles. The van der Waals surface area contributed by atoms with Gasteiger partial charge in [-0.25, -0.2) is 4.39 Å². The number of carbonyl (C=O) groups is 1. The molecule has 0 radical (unpaired) electrons. The van der Waals surface area contributed by atoms with Crippen LogP contribution in [-0.4, -0.2) is 17.6 Å². The predicted molar refractivity (Wildman–Crippen MR) is 82.4 cm³/mol. The number of halogens is 2. The highest BCUT2D eigenvalue weighted by Gasteiger charge is 2.13. The summed E-state index contributed by atoms with van der Waals surface area (Å²) in [6.45, 7) is 1.60. The van der Waals surface area contributed by atoms with Crippen molar-refractivity contribution >= 4 is 34.5 Å². The van der Waals surface area contributed by atoms with Crippen LogP contribution in [-0.2, 0) is 0 Å². The Hall–Kier alpha value is -1.87. The van der Waals surface area contributed by atoms with Crippen LogP contribution < -0.4 is 5.32 Å². The largest absolute Gasteiger partial charge is 0.384 e. The van der Waals surface area contributed by atoms with E-state index in [0.29, 0.717) is 10.6 Å². The van der Waals surface area contributed by atoms with Gasteiger partial charge in [-0.2, -0.15) is 0 Å². The molecule has 2 aromatic rings. The molecule has 3 nitrogen and oxygen atoms in total. The van der Waals surface area contributed by atoms with Gasteiger partial charge in [-0.15, -0.1) is 11.3 Å². The van der Waals surface area contributed by atoms with Crippen LogP contribution in [0.1, 0.15) is 20.1 Å². The number of benzene rings is 1. The molecule has 0 saturated heterocycles. The Kier molecular flexibility index (Phi) is 4.97. The van der Waals surface area contributed by atoms with Gasteiger partial charge in [0.25, 0.3) is 5.91 Å². The maximum Gasteiger partial charge on any atom is 0.265 e. The molecule has 0 bridgehead atoms. The lowest BCUT2D eigenvalue weighted by molar-refractivity contribution is 0.103. The van der Waals surface area contributed by atoms with Crippen molar-refractivity contribution in [3.8, 4) is 11.8 Å². The molecule has 21 heavy (non-hydrogen) atoms. The van der Waals surface area contributed by atoms with E-state index >= 15 is 0 Å². The second-order valence-electron chi connectivity index (χ2n) is 4.16. The second kappa shape index (κ2) is 6.72. The molecule has 1 heterocycles. The lowest BCUT2D eigenvalue weighted by Crippen LogP contribution is -2.10. The van der Waals surface area contributed by atoms with E-state index in [9.17, 15) is 9.18 Å². The molecule has 1 aromatic heterocycles. The Morgan fingerprint density at radius 3 is 2.90 bits per heavy atom. The van der Waals surface area contributed by atoms with Gasteiger partial charge in [0.2, 0.25) is 0 Å². The minimum atomic E-state index is -0.466. The smallest absolute Gasteiger partial charge is 0.265 e. The van der Waals surface area contributed by atoms with E-state index < -0.39 is 5.82 Å². The van der Waals surface area contributed by atoms with E-state index in [2.05, 4.69) is 17.2 Å². The number of anilines is 1. The van der Waals surface area contributed by atoms with Crippen LogP contribution in [0.25, 0.3) is 0 Å². The Morgan fingerprint density at radius 2 is 2.24 bits per heavy atom. The molecule has 0 aliphatic rings. The average Bonchev–Trinajstić information content (AvgIpc) is 2.81. The molecular weight excluding hydrogens is 313 g/mol. The Bertz CT molecular complexity index is 746. The lowest BCUT2D eigenvalue weighted by Gasteiger charge is -2.05. The molecule has 6 heteroatoms. The minimum Gasteiger partial charge on any atom is -0.384 e. The van der Waals surface area contributed by atoms with Crippen molar-refractivity contribution in [3.63, 3.8) is 0 Å². The number of amides is 1. The third-order valence-corrected chi connectivity index (χ3v) is 4.07. The van der Waals surface area contributed by atoms with Crippen LogP contribution in [0.4, 0.5) is 10.1 Å². The van der Waals surface area contributed by atoms with Crippen LogP contribution >= 0.6 is 22.9 Å². The van der Waals surface area contributed by atoms with Gasteiger partial charge in [-0.3, -0.25) is 4.79 Å². The Balaban J connectivity index is 2.21. The molecule has 0 spiro atoms. The van der Waals surface area contributed by atoms with Gasteiger partial charge in [0.1, 0.15) is 12.4 Å². The summed E-state index contributed by atoms with van der Waals surface area (Å²) >= 11 is 7.09. The highest BCUT2D eigenvalue weighted by atomic mass is 35.5. The van der Waals surface area contributed by atoms with Gasteiger partial charge in [0.05, 0.1) is 20.5 Å². The van der Waals surface area contributed by atoms with Gasteiger partial charge in [0, 0.05) is 0 Å². The summed E-state index contributed by atoms with van der Waals surface area (Å²) in [5, 5.41) is 11.5. The van der Waals surface area contributed by atoms with Crippen molar-refractivity contribution in [3.05, 3.63) is 50.4 Å². The number of rotatable bonds is 2. The third kappa shape index (κ3) is 3.82. The van der Waals surface area contributed by atoms with Crippen LogP contribution in [0, 0.1) is 24.6 Å². The topological polar surface area (TPSA) is 49.3 Å². The molecule has 0 saturated carbocycles. The molecule has 0 atom stereocenters. The summed E-state index contributed by atoms with van der Waals surface area (Å²) in [6, 6.07) is 5.47. The fourth-order valence-electron chi connectivity index (χ4n) is 1.61. The first-order valence-corrected chi connectivity index (χ1v) is 7.17. The van der Waals surface area contributed by atoms with Gasteiger partial charge in [-0.05, 0) is 36.8 Å². The number of aryl methyl sites for hydroxylation is 1. The molecule has 0 aliphatic heterocycles. The van der Waals surface area contributed by atoms with Crippen LogP contribution in [0.5, 0.6) is 0 Å². The normalized spacial score (nSPS) is 9.90. The molecule has 108 valence electrons. The molecule has 2 N–H and O–H groups in total. The molecule has 1 aromatic carbocycles. The van der Waals surface area contributed by atoms with Crippen molar-refractivity contribution in [2.75, 3.05) is 11.9 Å². The number of hydrogen-bond donors (Lipinski definition) is 2. The van der Waals surface area contributed by atoms with E-state index in [-0.39, 0.29) is 17.5 Å². The van der Waals surface area contributed by atoms with Gasteiger partial charge < -0.3 is 10.4 Å². The van der Waals surface area contributed by atoms with E-state index in [1.807, 2.05) is 6.92 Å². The van der Waals surface area contributed by atoms with Crippen LogP contribution in [0.2, 0.25) is 5.02 Å². The van der Waals surface area contributed by atoms with Crippen molar-refractivity contribution in [1.29, 1.82) is 0 Å².